The smallest absolute Gasteiger partial charge is 0.456 e. The number of hydrogen-bond donors (Lipinski definition) is 2. The third-order valence-electron chi connectivity index (χ3n) is 11.0. The van der Waals surface area contributed by atoms with Crippen LogP contribution in [-0.2, 0) is 27.9 Å². The second-order valence-corrected chi connectivity index (χ2v) is 19.9. The summed E-state index contributed by atoms with van der Waals surface area (Å²) in [5.74, 6) is -0.552. The van der Waals surface area contributed by atoms with Gasteiger partial charge in [0.1, 0.15) is 19.3 Å². The van der Waals surface area contributed by atoms with Crippen molar-refractivity contribution >= 4 is 19.7 Å². The van der Waals surface area contributed by atoms with E-state index in [1.54, 1.807) is 0 Å². The fourth-order valence-electron chi connectivity index (χ4n) is 6.94. The van der Waals surface area contributed by atoms with E-state index in [1.807, 2.05) is 39.4 Å². The molecule has 0 heterocycles. The molecule has 2 N–H and O–H groups in total. The van der Waals surface area contributed by atoms with E-state index in [0.717, 1.165) is 96.3 Å². The molecule has 0 aliphatic rings. The SMILES string of the molecule is CC/C=C/C=C/C=C\CCCCCCCC(=O)OC(/C=C/CCCCCCCCCCC)C(COP(=O)(O)OCC[N+](C)(C)C)NC(=O)CCCCCCCCC/C=C/C=C/C=C/CC. The number of quaternary nitrogens is 1. The number of phosphoric ester groups is 1. The molecule has 0 spiro atoms. The van der Waals surface area contributed by atoms with Gasteiger partial charge in [-0.1, -0.05) is 202 Å². The lowest BCUT2D eigenvalue weighted by Crippen LogP contribution is -2.47. The van der Waals surface area contributed by atoms with Crippen LogP contribution in [0.2, 0.25) is 0 Å². The molecule has 0 saturated heterocycles. The molecule has 0 aromatic rings. The largest absolute Gasteiger partial charge is 0.472 e. The summed E-state index contributed by atoms with van der Waals surface area (Å²) in [4.78, 5) is 37.4. The van der Waals surface area contributed by atoms with E-state index in [9.17, 15) is 19.0 Å². The van der Waals surface area contributed by atoms with E-state index in [-0.39, 0.29) is 31.5 Å². The normalized spacial score (nSPS) is 14.6. The molecule has 374 valence electrons. The zero-order valence-electron chi connectivity index (χ0n) is 42.4. The van der Waals surface area contributed by atoms with Crippen molar-refractivity contribution in [3.63, 3.8) is 0 Å². The van der Waals surface area contributed by atoms with Gasteiger partial charge in [-0.25, -0.2) is 4.57 Å². The number of carbonyl (C=O) groups excluding carboxylic acids is 2. The number of nitrogens with zero attached hydrogens (tertiary/aromatic N) is 1. The first kappa shape index (κ1) is 62.2. The Labute approximate surface area is 399 Å². The van der Waals surface area contributed by atoms with Crippen LogP contribution in [0.3, 0.4) is 0 Å². The van der Waals surface area contributed by atoms with Crippen LogP contribution in [0.1, 0.15) is 201 Å². The van der Waals surface area contributed by atoms with E-state index in [1.165, 1.54) is 64.2 Å². The standard InChI is InChI=1S/C55H97N2O7P/c1-7-10-13-16-19-22-25-27-28-30-32-35-38-41-44-47-54(58)56-52(51-63-65(60,61)62-50-49-57(4,5)6)53(46-43-40-37-34-31-24-21-18-15-12-9-3)64-55(59)48-45-42-39-36-33-29-26-23-20-17-14-11-8-2/h10-11,13-14,16-17,19-20,22-23,25-26,43,46,52-53H,7-9,12,15,18,21,24,27-42,44-45,47-51H2,1-6H3,(H-,56,58,60,61)/p+1/b13-10+,14-11+,19-16+,20-17+,25-22+,26-23-,46-43+. The summed E-state index contributed by atoms with van der Waals surface area (Å²) in [7, 11) is 1.46. The lowest BCUT2D eigenvalue weighted by atomic mass is 10.1. The predicted molar refractivity (Wildman–Crippen MR) is 277 cm³/mol. The molecule has 0 fully saturated rings. The first-order chi connectivity index (χ1) is 31.4. The van der Waals surface area contributed by atoms with Crippen molar-refractivity contribution in [2.45, 2.75) is 213 Å². The quantitative estimate of drug-likeness (QED) is 0.0156. The highest BCUT2D eigenvalue weighted by Gasteiger charge is 2.30. The highest BCUT2D eigenvalue weighted by atomic mass is 31.2. The minimum absolute atomic E-state index is 0.0300. The molecule has 3 atom stereocenters. The highest BCUT2D eigenvalue weighted by Crippen LogP contribution is 2.43. The molecule has 0 rings (SSSR count). The summed E-state index contributed by atoms with van der Waals surface area (Å²) >= 11 is 0. The first-order valence-electron chi connectivity index (χ1n) is 26.0. The highest BCUT2D eigenvalue weighted by molar-refractivity contribution is 7.47. The lowest BCUT2D eigenvalue weighted by molar-refractivity contribution is -0.870. The van der Waals surface area contributed by atoms with Gasteiger partial charge in [-0.3, -0.25) is 18.6 Å². The first-order valence-corrected chi connectivity index (χ1v) is 27.5. The topological polar surface area (TPSA) is 111 Å². The third kappa shape index (κ3) is 46.1. The Morgan fingerprint density at radius 3 is 1.46 bits per heavy atom. The van der Waals surface area contributed by atoms with Gasteiger partial charge in [0, 0.05) is 12.8 Å². The van der Waals surface area contributed by atoms with Crippen molar-refractivity contribution in [3.05, 3.63) is 85.1 Å². The maximum Gasteiger partial charge on any atom is 0.472 e. The molecule has 0 bridgehead atoms. The summed E-state index contributed by atoms with van der Waals surface area (Å²) < 4.78 is 30.5. The van der Waals surface area contributed by atoms with Gasteiger partial charge in [-0.2, -0.15) is 0 Å². The second-order valence-electron chi connectivity index (χ2n) is 18.4. The molecule has 3 unspecified atom stereocenters. The van der Waals surface area contributed by atoms with Gasteiger partial charge in [0.2, 0.25) is 5.91 Å². The Morgan fingerprint density at radius 1 is 0.554 bits per heavy atom. The Morgan fingerprint density at radius 2 is 0.985 bits per heavy atom. The van der Waals surface area contributed by atoms with Crippen LogP contribution in [0.15, 0.2) is 85.1 Å². The minimum Gasteiger partial charge on any atom is -0.456 e. The molecule has 0 saturated carbocycles. The summed E-state index contributed by atoms with van der Waals surface area (Å²) in [5.41, 5.74) is 0. The van der Waals surface area contributed by atoms with Crippen LogP contribution in [0.5, 0.6) is 0 Å². The van der Waals surface area contributed by atoms with Crippen LogP contribution < -0.4 is 5.32 Å². The van der Waals surface area contributed by atoms with Crippen LogP contribution in [0, 0.1) is 0 Å². The Bertz CT molecular complexity index is 1390. The molecular weight excluding hydrogens is 832 g/mol. The fraction of sp³-hybridized carbons (Fsp3) is 0.709. The lowest BCUT2D eigenvalue weighted by Gasteiger charge is -2.27. The van der Waals surface area contributed by atoms with Crippen molar-refractivity contribution in [1.82, 2.24) is 5.32 Å². The van der Waals surface area contributed by atoms with Gasteiger partial charge in [-0.15, -0.1) is 0 Å². The molecule has 1 amide bonds. The summed E-state index contributed by atoms with van der Waals surface area (Å²) in [6.45, 7) is 6.69. The van der Waals surface area contributed by atoms with E-state index in [4.69, 9.17) is 13.8 Å². The molecule has 10 heteroatoms. The Balaban J connectivity index is 5.46. The Hall–Kier alpha value is -2.81. The monoisotopic (exact) mass is 930 g/mol. The van der Waals surface area contributed by atoms with Gasteiger partial charge >= 0.3 is 13.8 Å². The number of rotatable bonds is 45. The predicted octanol–water partition coefficient (Wildman–Crippen LogP) is 15.1. The number of hydrogen-bond acceptors (Lipinski definition) is 6. The average Bonchev–Trinajstić information content (AvgIpc) is 3.26. The van der Waals surface area contributed by atoms with Gasteiger partial charge < -0.3 is 19.4 Å². The van der Waals surface area contributed by atoms with Gasteiger partial charge in [0.15, 0.2) is 0 Å². The number of carbonyl (C=O) groups is 2. The zero-order valence-corrected chi connectivity index (χ0v) is 43.3. The minimum atomic E-state index is -4.45. The van der Waals surface area contributed by atoms with E-state index < -0.39 is 20.0 Å². The molecule has 0 aromatic heterocycles. The van der Waals surface area contributed by atoms with Crippen molar-refractivity contribution in [3.8, 4) is 0 Å². The zero-order chi connectivity index (χ0) is 48.0. The number of phosphoric acid groups is 1. The number of ether oxygens (including phenoxy) is 1. The second kappa shape index (κ2) is 45.0. The molecule has 0 aliphatic carbocycles. The summed E-state index contributed by atoms with van der Waals surface area (Å²) in [6.07, 6.45) is 57.2. The van der Waals surface area contributed by atoms with Crippen molar-refractivity contribution in [1.29, 1.82) is 0 Å². The van der Waals surface area contributed by atoms with Crippen LogP contribution in [0.25, 0.3) is 0 Å². The number of likely N-dealkylation sites (N-methyl/N-ethyl adjacent to an activating group) is 1. The van der Waals surface area contributed by atoms with Crippen molar-refractivity contribution in [2.24, 2.45) is 0 Å². The molecule has 0 aromatic carbocycles. The number of amides is 1. The van der Waals surface area contributed by atoms with E-state index >= 15 is 0 Å². The van der Waals surface area contributed by atoms with Crippen LogP contribution in [-0.4, -0.2) is 74.3 Å². The molecule has 0 aliphatic heterocycles. The number of unbranched alkanes of at least 4 members (excludes halogenated alkanes) is 21. The maximum atomic E-state index is 13.4. The van der Waals surface area contributed by atoms with Crippen LogP contribution >= 0.6 is 7.82 Å². The van der Waals surface area contributed by atoms with E-state index in [2.05, 4.69) is 92.9 Å². The van der Waals surface area contributed by atoms with Gasteiger partial charge in [-0.05, 0) is 70.3 Å². The Kier molecular flexibility index (Phi) is 43.1. The molecule has 9 nitrogen and oxygen atoms in total. The molecule has 0 radical (unpaired) electrons. The number of esters is 1. The van der Waals surface area contributed by atoms with Crippen molar-refractivity contribution in [2.75, 3.05) is 40.9 Å². The fourth-order valence-corrected chi connectivity index (χ4v) is 7.67. The van der Waals surface area contributed by atoms with Crippen molar-refractivity contribution < 1.29 is 37.3 Å². The van der Waals surface area contributed by atoms with E-state index in [0.29, 0.717) is 23.9 Å². The van der Waals surface area contributed by atoms with Gasteiger partial charge in [0.25, 0.3) is 0 Å². The number of nitrogens with one attached hydrogen (secondary N) is 1. The molecular formula is C55H98N2O7P+. The third-order valence-corrected chi connectivity index (χ3v) is 11.9. The average molecular weight is 930 g/mol. The summed E-state index contributed by atoms with van der Waals surface area (Å²) in [6, 6.07) is -0.865. The van der Waals surface area contributed by atoms with Crippen LogP contribution in [0.4, 0.5) is 0 Å². The number of allylic oxidation sites excluding steroid dienone is 13. The van der Waals surface area contributed by atoms with Gasteiger partial charge in [0.05, 0.1) is 33.8 Å². The maximum absolute atomic E-state index is 13.4. The summed E-state index contributed by atoms with van der Waals surface area (Å²) in [5, 5.41) is 3.02. The molecule has 65 heavy (non-hydrogen) atoms.